The Labute approximate surface area is 51.6 Å². The topological polar surface area (TPSA) is 26.0 Å². The molecule has 0 aromatic carbocycles. The molecule has 0 aliphatic heterocycles. The number of unbranched alkanes of at least 4 members (excludes halogenated alkanes) is 1. The van der Waals surface area contributed by atoms with Crippen molar-refractivity contribution in [2.45, 2.75) is 26.2 Å². The summed E-state index contributed by atoms with van der Waals surface area (Å²) in [6, 6.07) is 0.909. The molecule has 47 valence electrons. The van der Waals surface area contributed by atoms with Gasteiger partial charge in [0.25, 0.3) is 0 Å². The lowest BCUT2D eigenvalue weighted by Crippen LogP contribution is -2.04. The van der Waals surface area contributed by atoms with E-state index < -0.39 is 0 Å². The van der Waals surface area contributed by atoms with Gasteiger partial charge in [0.15, 0.2) is 0 Å². The van der Waals surface area contributed by atoms with Gasteiger partial charge in [-0.1, -0.05) is 25.8 Å². The fourth-order valence-electron chi connectivity index (χ4n) is 0.483. The van der Waals surface area contributed by atoms with E-state index in [1.165, 1.54) is 12.8 Å². The standard InChI is InChI=1S/C7H14N/c1-3-5-6-7(8)4-2/h4H,2-3,5-6,8H2,1H3. The fraction of sp³-hybridized carbons (Fsp3) is 0.571. The highest BCUT2D eigenvalue weighted by atomic mass is 14.6. The van der Waals surface area contributed by atoms with E-state index in [2.05, 4.69) is 13.5 Å². The molecule has 1 radical (unpaired) electrons. The highest BCUT2D eigenvalue weighted by Crippen LogP contribution is 2.03. The van der Waals surface area contributed by atoms with Crippen LogP contribution in [0.3, 0.4) is 0 Å². The summed E-state index contributed by atoms with van der Waals surface area (Å²) in [5.74, 6) is 0. The van der Waals surface area contributed by atoms with Crippen molar-refractivity contribution in [3.05, 3.63) is 18.7 Å². The molecule has 0 aliphatic carbocycles. The van der Waals surface area contributed by atoms with E-state index in [-0.39, 0.29) is 0 Å². The van der Waals surface area contributed by atoms with Crippen LogP contribution in [0.4, 0.5) is 0 Å². The average molecular weight is 112 g/mol. The van der Waals surface area contributed by atoms with Crippen LogP contribution in [0.5, 0.6) is 0 Å². The Hall–Kier alpha value is -0.300. The zero-order valence-corrected chi connectivity index (χ0v) is 5.48. The summed E-state index contributed by atoms with van der Waals surface area (Å²) in [5, 5.41) is 0. The summed E-state index contributed by atoms with van der Waals surface area (Å²) in [5.41, 5.74) is 5.46. The van der Waals surface area contributed by atoms with Crippen molar-refractivity contribution in [1.82, 2.24) is 0 Å². The average Bonchev–Trinajstić information content (AvgIpc) is 1.83. The van der Waals surface area contributed by atoms with Gasteiger partial charge >= 0.3 is 0 Å². The Morgan fingerprint density at radius 1 is 1.75 bits per heavy atom. The summed E-state index contributed by atoms with van der Waals surface area (Å²) < 4.78 is 0. The van der Waals surface area contributed by atoms with Gasteiger partial charge in [-0.05, 0) is 6.42 Å². The van der Waals surface area contributed by atoms with Crippen LogP contribution in [0.1, 0.15) is 26.2 Å². The van der Waals surface area contributed by atoms with Crippen molar-refractivity contribution in [3.63, 3.8) is 0 Å². The maximum atomic E-state index is 5.46. The Balaban J connectivity index is 2.98. The molecule has 0 fully saturated rings. The van der Waals surface area contributed by atoms with E-state index in [0.717, 1.165) is 12.5 Å². The Bertz CT molecular complexity index is 59.4. The molecule has 8 heavy (non-hydrogen) atoms. The first-order valence-electron chi connectivity index (χ1n) is 3.05. The Morgan fingerprint density at radius 2 is 2.38 bits per heavy atom. The molecule has 0 spiro atoms. The van der Waals surface area contributed by atoms with E-state index in [0.29, 0.717) is 0 Å². The normalized spacial score (nSPS) is 9.88. The van der Waals surface area contributed by atoms with Crippen LogP contribution in [0, 0.1) is 6.04 Å². The molecule has 0 aliphatic rings. The van der Waals surface area contributed by atoms with Crippen molar-refractivity contribution >= 4 is 0 Å². The highest BCUT2D eigenvalue weighted by Gasteiger charge is 1.93. The lowest BCUT2D eigenvalue weighted by atomic mass is 10.1. The molecule has 1 heteroatoms. The van der Waals surface area contributed by atoms with Gasteiger partial charge in [0.2, 0.25) is 0 Å². The molecule has 0 heterocycles. The van der Waals surface area contributed by atoms with Crippen molar-refractivity contribution in [3.8, 4) is 0 Å². The molecule has 0 aromatic heterocycles. The van der Waals surface area contributed by atoms with Crippen LogP contribution >= 0.6 is 0 Å². The molecule has 2 N–H and O–H groups in total. The summed E-state index contributed by atoms with van der Waals surface area (Å²) in [7, 11) is 0. The molecule has 0 atom stereocenters. The molecule has 0 bridgehead atoms. The second-order valence-corrected chi connectivity index (χ2v) is 1.88. The summed E-state index contributed by atoms with van der Waals surface area (Å²) in [6.45, 7) is 5.70. The molecule has 0 aromatic rings. The number of hydrogen-bond acceptors (Lipinski definition) is 1. The van der Waals surface area contributed by atoms with Crippen LogP contribution < -0.4 is 5.73 Å². The maximum Gasteiger partial charge on any atom is 0.0555 e. The van der Waals surface area contributed by atoms with E-state index in [4.69, 9.17) is 5.73 Å². The summed E-state index contributed by atoms with van der Waals surface area (Å²) in [4.78, 5) is 0. The molecule has 0 saturated heterocycles. The Morgan fingerprint density at radius 3 is 2.75 bits per heavy atom. The van der Waals surface area contributed by atoms with Gasteiger partial charge in [0, 0.05) is 0 Å². The van der Waals surface area contributed by atoms with Crippen LogP contribution in [0.15, 0.2) is 12.7 Å². The first-order valence-corrected chi connectivity index (χ1v) is 3.05. The third-order valence-corrected chi connectivity index (χ3v) is 1.08. The predicted octanol–water partition coefficient (Wildman–Crippen LogP) is 1.85. The molecular weight excluding hydrogens is 98.1 g/mol. The number of hydrogen-bond donors (Lipinski definition) is 1. The van der Waals surface area contributed by atoms with E-state index in [1.54, 1.807) is 6.08 Å². The number of rotatable bonds is 4. The van der Waals surface area contributed by atoms with Crippen LogP contribution in [-0.2, 0) is 0 Å². The van der Waals surface area contributed by atoms with Gasteiger partial charge in [-0.25, -0.2) is 0 Å². The zero-order valence-electron chi connectivity index (χ0n) is 5.48. The maximum absolute atomic E-state index is 5.46. The van der Waals surface area contributed by atoms with Crippen LogP contribution in [0.25, 0.3) is 0 Å². The van der Waals surface area contributed by atoms with Gasteiger partial charge in [-0.2, -0.15) is 0 Å². The molecule has 0 unspecified atom stereocenters. The molecule has 0 amide bonds. The zero-order chi connectivity index (χ0) is 6.41. The second-order valence-electron chi connectivity index (χ2n) is 1.88. The lowest BCUT2D eigenvalue weighted by molar-refractivity contribution is 0.741. The smallest absolute Gasteiger partial charge is 0.0555 e. The minimum atomic E-state index is 0.909. The summed E-state index contributed by atoms with van der Waals surface area (Å²) >= 11 is 0. The SMILES string of the molecule is C=C[C](N)CCCC. The highest BCUT2D eigenvalue weighted by molar-refractivity contribution is 4.99. The largest absolute Gasteiger partial charge is 0.320 e. The molecule has 0 rings (SSSR count). The van der Waals surface area contributed by atoms with Crippen molar-refractivity contribution < 1.29 is 0 Å². The van der Waals surface area contributed by atoms with E-state index in [1.807, 2.05) is 0 Å². The van der Waals surface area contributed by atoms with Gasteiger partial charge in [0.05, 0.1) is 6.04 Å². The van der Waals surface area contributed by atoms with Gasteiger partial charge in [-0.15, -0.1) is 6.58 Å². The van der Waals surface area contributed by atoms with Crippen molar-refractivity contribution in [2.24, 2.45) is 5.73 Å². The first-order chi connectivity index (χ1) is 3.81. The van der Waals surface area contributed by atoms with Gasteiger partial charge in [0.1, 0.15) is 0 Å². The quantitative estimate of drug-likeness (QED) is 0.590. The lowest BCUT2D eigenvalue weighted by Gasteiger charge is -2.00. The molecule has 1 nitrogen and oxygen atoms in total. The van der Waals surface area contributed by atoms with Gasteiger partial charge in [-0.3, -0.25) is 0 Å². The van der Waals surface area contributed by atoms with Gasteiger partial charge < -0.3 is 5.73 Å². The Kier molecular flexibility index (Phi) is 4.67. The van der Waals surface area contributed by atoms with Crippen LogP contribution in [-0.4, -0.2) is 0 Å². The minimum Gasteiger partial charge on any atom is -0.320 e. The van der Waals surface area contributed by atoms with Crippen molar-refractivity contribution in [1.29, 1.82) is 0 Å². The minimum absolute atomic E-state index is 0.909. The number of nitrogens with two attached hydrogens (primary N) is 1. The van der Waals surface area contributed by atoms with Crippen LogP contribution in [0.2, 0.25) is 0 Å². The monoisotopic (exact) mass is 112 g/mol. The third-order valence-electron chi connectivity index (χ3n) is 1.08. The molecular formula is C7H14N. The van der Waals surface area contributed by atoms with E-state index in [9.17, 15) is 0 Å². The third kappa shape index (κ3) is 3.88. The van der Waals surface area contributed by atoms with Crippen molar-refractivity contribution in [2.75, 3.05) is 0 Å². The predicted molar refractivity (Wildman–Crippen MR) is 37.2 cm³/mol. The first kappa shape index (κ1) is 7.70. The second kappa shape index (κ2) is 4.85. The van der Waals surface area contributed by atoms with E-state index >= 15 is 0 Å². The molecule has 0 saturated carbocycles. The summed E-state index contributed by atoms with van der Waals surface area (Å²) in [6.07, 6.45) is 5.10. The fourth-order valence-corrected chi connectivity index (χ4v) is 0.483.